The van der Waals surface area contributed by atoms with Crippen molar-refractivity contribution in [2.45, 2.75) is 269 Å². The normalized spacial score (nSPS) is 21.2. The van der Waals surface area contributed by atoms with E-state index in [9.17, 15) is 30.3 Å². The lowest BCUT2D eigenvalue weighted by molar-refractivity contribution is -0.302. The molecule has 56 heavy (non-hydrogen) atoms. The number of hydrogen-bond acceptors (Lipinski definition) is 8. The highest BCUT2D eigenvalue weighted by molar-refractivity contribution is 5.76. The second-order valence-electron chi connectivity index (χ2n) is 16.9. The SMILES string of the molecule is CCCCCCC/C=C\CCCCCCCC(=O)NC(COC1OC(CO)C(O)C(O)C1O)C(O)CCCCCCCCCCCCCCCCCCCCC. The van der Waals surface area contributed by atoms with E-state index in [0.29, 0.717) is 12.8 Å². The molecule has 1 saturated heterocycles. The lowest BCUT2D eigenvalue weighted by Gasteiger charge is -2.40. The van der Waals surface area contributed by atoms with Crippen LogP contribution in [0.5, 0.6) is 0 Å². The number of aliphatic hydroxyl groups is 5. The number of rotatable bonds is 40. The molecule has 0 saturated carbocycles. The van der Waals surface area contributed by atoms with Crippen molar-refractivity contribution in [2.24, 2.45) is 0 Å². The van der Waals surface area contributed by atoms with Gasteiger partial charge in [0, 0.05) is 6.42 Å². The van der Waals surface area contributed by atoms with Crippen molar-refractivity contribution in [3.05, 3.63) is 12.2 Å². The lowest BCUT2D eigenvalue weighted by Crippen LogP contribution is -2.60. The Balaban J connectivity index is 2.30. The smallest absolute Gasteiger partial charge is 0.220 e. The van der Waals surface area contributed by atoms with Gasteiger partial charge < -0.3 is 40.3 Å². The summed E-state index contributed by atoms with van der Waals surface area (Å²) in [6, 6.07) is -0.719. The van der Waals surface area contributed by atoms with E-state index in [-0.39, 0.29) is 12.5 Å². The van der Waals surface area contributed by atoms with Gasteiger partial charge in [-0.05, 0) is 38.5 Å². The first-order valence-corrected chi connectivity index (χ1v) is 23.9. The lowest BCUT2D eigenvalue weighted by atomic mass is 9.99. The summed E-state index contributed by atoms with van der Waals surface area (Å²) in [5.41, 5.74) is 0. The summed E-state index contributed by atoms with van der Waals surface area (Å²) in [7, 11) is 0. The molecule has 1 amide bonds. The van der Waals surface area contributed by atoms with Gasteiger partial charge in [-0.3, -0.25) is 4.79 Å². The van der Waals surface area contributed by atoms with Crippen LogP contribution in [0.2, 0.25) is 0 Å². The Hall–Kier alpha value is -1.07. The Morgan fingerprint density at radius 3 is 1.45 bits per heavy atom. The van der Waals surface area contributed by atoms with E-state index in [1.165, 1.54) is 148 Å². The second-order valence-corrected chi connectivity index (χ2v) is 16.9. The summed E-state index contributed by atoms with van der Waals surface area (Å²) in [5, 5.41) is 54.4. The van der Waals surface area contributed by atoms with Gasteiger partial charge >= 0.3 is 0 Å². The molecule has 0 spiro atoms. The van der Waals surface area contributed by atoms with E-state index in [1.54, 1.807) is 0 Å². The minimum absolute atomic E-state index is 0.138. The quantitative estimate of drug-likeness (QED) is 0.0265. The van der Waals surface area contributed by atoms with Crippen molar-refractivity contribution >= 4 is 5.91 Å². The summed E-state index contributed by atoms with van der Waals surface area (Å²) in [6.45, 7) is 3.83. The van der Waals surface area contributed by atoms with Crippen molar-refractivity contribution in [1.29, 1.82) is 0 Å². The fraction of sp³-hybridized carbons (Fsp3) is 0.936. The largest absolute Gasteiger partial charge is 0.394 e. The third-order valence-electron chi connectivity index (χ3n) is 11.6. The fourth-order valence-electron chi connectivity index (χ4n) is 7.74. The van der Waals surface area contributed by atoms with E-state index in [2.05, 4.69) is 31.3 Å². The van der Waals surface area contributed by atoms with Crippen LogP contribution in [0.3, 0.4) is 0 Å². The van der Waals surface area contributed by atoms with Crippen LogP contribution in [0, 0.1) is 0 Å². The molecule has 1 aliphatic rings. The van der Waals surface area contributed by atoms with Gasteiger partial charge in [-0.15, -0.1) is 0 Å². The standard InChI is InChI=1S/C47H91NO8/c1-3-5-7-9-11-13-15-17-19-20-21-22-23-24-26-28-30-32-34-36-41(50)40(39-55-47-46(54)45(53)44(52)42(38-49)56-47)48-43(51)37-35-33-31-29-27-25-18-16-14-12-10-8-6-4-2/h16,18,40-42,44-47,49-50,52-54H,3-15,17,19-39H2,1-2H3,(H,48,51)/b18-16-. The summed E-state index contributed by atoms with van der Waals surface area (Å²) in [4.78, 5) is 13.0. The van der Waals surface area contributed by atoms with Gasteiger partial charge in [0.2, 0.25) is 5.91 Å². The molecule has 6 N–H and O–H groups in total. The Morgan fingerprint density at radius 2 is 1.00 bits per heavy atom. The number of carbonyl (C=O) groups excluding carboxylic acids is 1. The summed E-state index contributed by atoms with van der Waals surface area (Å²) in [6.07, 6.45) is 36.4. The van der Waals surface area contributed by atoms with Gasteiger partial charge in [0.15, 0.2) is 6.29 Å². The number of hydrogen-bond donors (Lipinski definition) is 6. The molecule has 0 aliphatic carbocycles. The molecule has 1 heterocycles. The maximum Gasteiger partial charge on any atom is 0.220 e. The number of nitrogens with one attached hydrogen (secondary N) is 1. The Morgan fingerprint density at radius 1 is 0.589 bits per heavy atom. The van der Waals surface area contributed by atoms with Crippen LogP contribution in [-0.4, -0.2) is 87.5 Å². The molecule has 0 aromatic rings. The van der Waals surface area contributed by atoms with Gasteiger partial charge in [-0.2, -0.15) is 0 Å². The van der Waals surface area contributed by atoms with Crippen molar-refractivity contribution in [2.75, 3.05) is 13.2 Å². The summed E-state index contributed by atoms with van der Waals surface area (Å²) >= 11 is 0. The van der Waals surface area contributed by atoms with E-state index in [1.807, 2.05) is 0 Å². The predicted octanol–water partition coefficient (Wildman–Crippen LogP) is 10.1. The van der Waals surface area contributed by atoms with E-state index >= 15 is 0 Å². The molecule has 332 valence electrons. The molecule has 0 radical (unpaired) electrons. The average molecular weight is 798 g/mol. The molecule has 1 aliphatic heterocycles. The topological polar surface area (TPSA) is 149 Å². The number of unbranched alkanes of at least 4 members (excludes halogenated alkanes) is 28. The van der Waals surface area contributed by atoms with Gasteiger partial charge in [0.05, 0.1) is 25.4 Å². The Kier molecular flexibility index (Phi) is 36.1. The molecule has 0 aromatic carbocycles. The third-order valence-corrected chi connectivity index (χ3v) is 11.6. The van der Waals surface area contributed by atoms with Crippen LogP contribution in [0.1, 0.15) is 226 Å². The number of amides is 1. The monoisotopic (exact) mass is 798 g/mol. The first-order chi connectivity index (χ1) is 27.3. The average Bonchev–Trinajstić information content (AvgIpc) is 3.20. The minimum Gasteiger partial charge on any atom is -0.394 e. The van der Waals surface area contributed by atoms with Gasteiger partial charge in [-0.25, -0.2) is 0 Å². The molecule has 9 heteroatoms. The molecule has 1 fully saturated rings. The zero-order valence-electron chi connectivity index (χ0n) is 36.4. The molecule has 0 aromatic heterocycles. The molecular weight excluding hydrogens is 707 g/mol. The molecule has 7 unspecified atom stereocenters. The van der Waals surface area contributed by atoms with Gasteiger partial charge in [0.25, 0.3) is 0 Å². The second kappa shape index (κ2) is 38.2. The minimum atomic E-state index is -1.55. The van der Waals surface area contributed by atoms with Crippen molar-refractivity contribution in [1.82, 2.24) is 5.32 Å². The fourth-order valence-corrected chi connectivity index (χ4v) is 7.74. The van der Waals surface area contributed by atoms with Crippen LogP contribution < -0.4 is 5.32 Å². The first-order valence-electron chi connectivity index (χ1n) is 23.9. The highest BCUT2D eigenvalue weighted by Gasteiger charge is 2.44. The van der Waals surface area contributed by atoms with Crippen molar-refractivity contribution in [3.8, 4) is 0 Å². The van der Waals surface area contributed by atoms with E-state index < -0.39 is 49.5 Å². The maximum absolute atomic E-state index is 13.0. The Bertz CT molecular complexity index is 888. The van der Waals surface area contributed by atoms with Crippen LogP contribution in [0.4, 0.5) is 0 Å². The molecule has 9 nitrogen and oxygen atoms in total. The van der Waals surface area contributed by atoms with Crippen LogP contribution in [0.15, 0.2) is 12.2 Å². The van der Waals surface area contributed by atoms with Crippen LogP contribution >= 0.6 is 0 Å². The number of allylic oxidation sites excluding steroid dienone is 2. The molecular formula is C47H91NO8. The van der Waals surface area contributed by atoms with Crippen LogP contribution in [-0.2, 0) is 14.3 Å². The highest BCUT2D eigenvalue weighted by atomic mass is 16.7. The summed E-state index contributed by atoms with van der Waals surface area (Å²) in [5.74, 6) is -0.151. The maximum atomic E-state index is 13.0. The summed E-state index contributed by atoms with van der Waals surface area (Å²) < 4.78 is 11.3. The molecule has 1 rings (SSSR count). The zero-order chi connectivity index (χ0) is 40.9. The van der Waals surface area contributed by atoms with Gasteiger partial charge in [-0.1, -0.05) is 193 Å². The Labute approximate surface area is 344 Å². The first kappa shape index (κ1) is 52.9. The van der Waals surface area contributed by atoms with E-state index in [4.69, 9.17) is 9.47 Å². The van der Waals surface area contributed by atoms with Gasteiger partial charge in [0.1, 0.15) is 24.4 Å². The number of ether oxygens (including phenoxy) is 2. The molecule has 0 bridgehead atoms. The highest BCUT2D eigenvalue weighted by Crippen LogP contribution is 2.23. The number of carbonyl (C=O) groups is 1. The number of aliphatic hydroxyl groups excluding tert-OH is 5. The van der Waals surface area contributed by atoms with E-state index in [0.717, 1.165) is 51.4 Å². The van der Waals surface area contributed by atoms with Crippen LogP contribution in [0.25, 0.3) is 0 Å². The predicted molar refractivity (Wildman–Crippen MR) is 231 cm³/mol. The van der Waals surface area contributed by atoms with Crippen molar-refractivity contribution in [3.63, 3.8) is 0 Å². The zero-order valence-corrected chi connectivity index (χ0v) is 36.4. The third kappa shape index (κ3) is 28.4. The van der Waals surface area contributed by atoms with Crippen molar-refractivity contribution < 1.29 is 39.8 Å². The molecule has 7 atom stereocenters.